The van der Waals surface area contributed by atoms with E-state index >= 15 is 0 Å². The average molecular weight is 869 g/mol. The smallest absolute Gasteiger partial charge is 0.310 e. The Kier molecular flexibility index (Phi) is 14.7. The lowest BCUT2D eigenvalue weighted by molar-refractivity contribution is -0.278. The molecule has 4 saturated heterocycles. The summed E-state index contributed by atoms with van der Waals surface area (Å²) in [4.78, 5) is 63.6. The van der Waals surface area contributed by atoms with E-state index in [0.29, 0.717) is 38.5 Å². The third kappa shape index (κ3) is 11.6. The van der Waals surface area contributed by atoms with Crippen LogP contribution in [0.5, 0.6) is 0 Å². The Morgan fingerprint density at radius 3 is 0.869 bits per heavy atom. The molecule has 0 aromatic carbocycles. The fourth-order valence-corrected chi connectivity index (χ4v) is 11.6. The van der Waals surface area contributed by atoms with E-state index in [1.54, 1.807) is 7.11 Å². The van der Waals surface area contributed by atoms with E-state index < -0.39 is 117 Å². The van der Waals surface area contributed by atoms with Crippen LogP contribution in [0.3, 0.4) is 0 Å². The van der Waals surface area contributed by atoms with Crippen LogP contribution in [-0.4, -0.2) is 136 Å². The van der Waals surface area contributed by atoms with Gasteiger partial charge in [-0.05, 0) is 111 Å². The van der Waals surface area contributed by atoms with Gasteiger partial charge < -0.3 is 39.4 Å². The fraction of sp³-hybridized carbons (Fsp3) is 0.911. The molecule has 0 aromatic rings. The second-order valence-electron chi connectivity index (χ2n) is 23.5. The Labute approximate surface area is 364 Å². The number of hydrogen-bond acceptors (Lipinski definition) is 16. The molecule has 61 heavy (non-hydrogen) atoms. The second kappa shape index (κ2) is 17.5. The van der Waals surface area contributed by atoms with Crippen molar-refractivity contribution in [2.24, 2.45) is 11.8 Å². The number of esters is 4. The molecule has 4 fully saturated rings. The Balaban J connectivity index is 1.73. The van der Waals surface area contributed by atoms with E-state index in [-0.39, 0.29) is 12.8 Å². The number of rotatable bonds is 12. The number of carbonyl (C=O) groups is 4. The van der Waals surface area contributed by atoms with Crippen molar-refractivity contribution >= 4 is 23.9 Å². The number of carbonyl (C=O) groups excluding carboxylic acids is 4. The van der Waals surface area contributed by atoms with E-state index in [9.17, 15) is 34.8 Å². The van der Waals surface area contributed by atoms with Crippen molar-refractivity contribution in [3.05, 3.63) is 0 Å². The summed E-state index contributed by atoms with van der Waals surface area (Å²) in [5.41, 5.74) is -5.65. The van der Waals surface area contributed by atoms with Gasteiger partial charge in [-0.15, -0.1) is 0 Å². The highest BCUT2D eigenvalue weighted by molar-refractivity contribution is 5.88. The summed E-state index contributed by atoms with van der Waals surface area (Å²) >= 11 is 0. The molecule has 0 aliphatic carbocycles. The van der Waals surface area contributed by atoms with Gasteiger partial charge in [0.15, 0.2) is 0 Å². The molecule has 0 amide bonds. The lowest BCUT2D eigenvalue weighted by Gasteiger charge is -2.52. The molecule has 0 aromatic heterocycles. The topological polar surface area (TPSA) is 188 Å². The molecule has 3 N–H and O–H groups in total. The Hall–Kier alpha value is -2.44. The quantitative estimate of drug-likeness (QED) is 0.134. The molecule has 2 atom stereocenters. The van der Waals surface area contributed by atoms with Gasteiger partial charge in [0.05, 0.1) is 31.8 Å². The summed E-state index contributed by atoms with van der Waals surface area (Å²) in [6.07, 6.45) is -1.26. The largest absolute Gasteiger partial charge is 0.462 e. The minimum atomic E-state index is -1.52. The van der Waals surface area contributed by atoms with E-state index in [0.717, 1.165) is 0 Å². The molecule has 4 aliphatic heterocycles. The Bertz CT molecular complexity index is 1550. The van der Waals surface area contributed by atoms with Crippen molar-refractivity contribution in [1.29, 1.82) is 0 Å². The minimum Gasteiger partial charge on any atom is -0.462 e. The van der Waals surface area contributed by atoms with Gasteiger partial charge in [0, 0.05) is 95.7 Å². The van der Waals surface area contributed by atoms with Gasteiger partial charge in [-0.2, -0.15) is 20.3 Å². The predicted molar refractivity (Wildman–Crippen MR) is 225 cm³/mol. The van der Waals surface area contributed by atoms with Crippen molar-refractivity contribution in [3.63, 3.8) is 0 Å². The zero-order chi connectivity index (χ0) is 46.7. The first-order chi connectivity index (χ1) is 27.5. The van der Waals surface area contributed by atoms with Crippen molar-refractivity contribution in [2.75, 3.05) is 7.11 Å². The van der Waals surface area contributed by atoms with Gasteiger partial charge in [0.2, 0.25) is 0 Å². The first-order valence-electron chi connectivity index (χ1n) is 22.1. The van der Waals surface area contributed by atoms with E-state index in [2.05, 4.69) is 0 Å². The van der Waals surface area contributed by atoms with Crippen LogP contribution in [0.4, 0.5) is 0 Å². The summed E-state index contributed by atoms with van der Waals surface area (Å²) in [6.45, 7) is 30.0. The van der Waals surface area contributed by atoms with Gasteiger partial charge in [-0.1, -0.05) is 0 Å². The van der Waals surface area contributed by atoms with Gasteiger partial charge in [0.25, 0.3) is 0 Å². The van der Waals surface area contributed by atoms with Gasteiger partial charge in [0.1, 0.15) is 24.4 Å². The van der Waals surface area contributed by atoms with Gasteiger partial charge in [-0.3, -0.25) is 19.2 Å². The van der Waals surface area contributed by atoms with Gasteiger partial charge >= 0.3 is 23.9 Å². The van der Waals surface area contributed by atoms with E-state index in [1.807, 2.05) is 116 Å². The van der Waals surface area contributed by atoms with Crippen molar-refractivity contribution in [1.82, 2.24) is 20.3 Å². The maximum Gasteiger partial charge on any atom is 0.310 e. The highest BCUT2D eigenvalue weighted by Crippen LogP contribution is 2.43. The van der Waals surface area contributed by atoms with E-state index in [1.165, 1.54) is 15.2 Å². The maximum atomic E-state index is 14.8. The standard InChI is InChI=1S/C45H80N4O12/c1-38(2)20-28(21-39(3,4)46(38)54)58-34(50)18-32(36(52)60-30-24-42(9,10)48(56)43(11,12)25-30)33(19-35(51)59-29-22-40(5,6)47(55)41(7,8)23-29)37(53)61-31-26-44(13,14)49(57-17)45(15,16)27-31/h28-33,54-56H,18-27H2,1-17H3. The highest BCUT2D eigenvalue weighted by atomic mass is 16.7. The van der Waals surface area contributed by atoms with Crippen LogP contribution < -0.4 is 0 Å². The number of piperidine rings is 4. The predicted octanol–water partition coefficient (Wildman–Crippen LogP) is 6.99. The van der Waals surface area contributed by atoms with Crippen LogP contribution in [0.25, 0.3) is 0 Å². The molecule has 4 aliphatic rings. The lowest BCUT2D eigenvalue weighted by atomic mass is 9.79. The van der Waals surface area contributed by atoms with Crippen molar-refractivity contribution in [3.8, 4) is 0 Å². The summed E-state index contributed by atoms with van der Waals surface area (Å²) in [7, 11) is 1.60. The number of hydrogen-bond donors (Lipinski definition) is 3. The number of ether oxygens (including phenoxy) is 4. The molecular weight excluding hydrogens is 789 g/mol. The first-order valence-corrected chi connectivity index (χ1v) is 22.1. The lowest BCUT2D eigenvalue weighted by Crippen LogP contribution is -2.62. The molecular formula is C45H80N4O12. The van der Waals surface area contributed by atoms with Crippen molar-refractivity contribution in [2.45, 2.75) is 244 Å². The highest BCUT2D eigenvalue weighted by Gasteiger charge is 2.53. The van der Waals surface area contributed by atoms with Crippen LogP contribution in [0, 0.1) is 11.8 Å². The van der Waals surface area contributed by atoms with Crippen molar-refractivity contribution < 1.29 is 58.6 Å². The molecule has 0 saturated carbocycles. The normalized spacial score (nSPS) is 28.0. The SMILES string of the molecule is CON1C(C)(C)CC(OC(=O)C(CC(=O)OC2CC(C)(C)N(O)C(C)(C)C2)C(CC(=O)OC2CC(C)(C)N(O)C(C)(C)C2)C(=O)OC2CC(C)(C)N(O)C(C)(C)C2)CC1(C)C. The van der Waals surface area contributed by atoms with Crippen LogP contribution >= 0.6 is 0 Å². The molecule has 0 spiro atoms. The monoisotopic (exact) mass is 869 g/mol. The summed E-state index contributed by atoms with van der Waals surface area (Å²) in [6, 6.07) is 0. The molecule has 16 nitrogen and oxygen atoms in total. The first kappa shape index (κ1) is 51.2. The molecule has 0 radical (unpaired) electrons. The third-order valence-electron chi connectivity index (χ3n) is 13.6. The van der Waals surface area contributed by atoms with E-state index in [4.69, 9.17) is 23.8 Å². The summed E-state index contributed by atoms with van der Waals surface area (Å²) < 4.78 is 24.6. The number of hydroxylamine groups is 8. The zero-order valence-electron chi connectivity index (χ0n) is 40.3. The third-order valence-corrected chi connectivity index (χ3v) is 13.6. The molecule has 2 unspecified atom stereocenters. The van der Waals surface area contributed by atoms with Gasteiger partial charge in [-0.25, -0.2) is 0 Å². The van der Waals surface area contributed by atoms with Crippen LogP contribution in [0.1, 0.15) is 175 Å². The summed E-state index contributed by atoms with van der Waals surface area (Å²) in [5.74, 6) is -6.27. The molecule has 0 bridgehead atoms. The maximum absolute atomic E-state index is 14.8. The zero-order valence-corrected chi connectivity index (χ0v) is 40.3. The molecule has 4 rings (SSSR count). The summed E-state index contributed by atoms with van der Waals surface area (Å²) in [5, 5.41) is 38.5. The molecule has 4 heterocycles. The van der Waals surface area contributed by atoms with Crippen LogP contribution in [0.2, 0.25) is 0 Å². The Morgan fingerprint density at radius 2 is 0.639 bits per heavy atom. The minimum absolute atomic E-state index is 0.258. The average Bonchev–Trinajstić information content (AvgIpc) is 3.04. The van der Waals surface area contributed by atoms with Crippen LogP contribution in [0.15, 0.2) is 0 Å². The fourth-order valence-electron chi connectivity index (χ4n) is 11.6. The number of nitrogens with zero attached hydrogens (tertiary/aromatic N) is 4. The molecule has 16 heteroatoms. The Morgan fingerprint density at radius 1 is 0.426 bits per heavy atom. The molecule has 352 valence electrons. The van der Waals surface area contributed by atoms with Crippen LogP contribution in [-0.2, 0) is 43.0 Å². The second-order valence-corrected chi connectivity index (χ2v) is 23.5.